The predicted molar refractivity (Wildman–Crippen MR) is 107 cm³/mol. The van der Waals surface area contributed by atoms with Crippen LogP contribution in [0.2, 0.25) is 0 Å². The van der Waals surface area contributed by atoms with Gasteiger partial charge in [-0.2, -0.15) is 0 Å². The van der Waals surface area contributed by atoms with E-state index in [9.17, 15) is 20.0 Å². The van der Waals surface area contributed by atoms with Crippen molar-refractivity contribution < 1.29 is 14.8 Å². The fraction of sp³-hybridized carbons (Fsp3) is 0.381. The van der Waals surface area contributed by atoms with Crippen LogP contribution in [0.25, 0.3) is 11.1 Å². The zero-order valence-corrected chi connectivity index (χ0v) is 16.2. The normalized spacial score (nSPS) is 11.0. The largest absolute Gasteiger partial charge is 0.478 e. The molecule has 0 spiro atoms. The highest BCUT2D eigenvalue weighted by atomic mass is 16.6. The van der Waals surface area contributed by atoms with Crippen LogP contribution in [0.5, 0.6) is 0 Å². The number of benzene rings is 2. The zero-order valence-electron chi connectivity index (χ0n) is 16.2. The second kappa shape index (κ2) is 8.66. The van der Waals surface area contributed by atoms with Gasteiger partial charge in [-0.3, -0.25) is 10.1 Å². The number of aromatic carboxylic acids is 1. The average molecular weight is 370 g/mol. The molecule has 0 aliphatic carbocycles. The fourth-order valence-electron chi connectivity index (χ4n) is 3.18. The number of carboxylic acids is 1. The first-order valence-electron chi connectivity index (χ1n) is 9.06. The number of carboxylic acid groups (broad SMARTS) is 1. The maximum Gasteiger partial charge on any atom is 0.336 e. The monoisotopic (exact) mass is 370 g/mol. The van der Waals surface area contributed by atoms with E-state index in [2.05, 4.69) is 27.7 Å². The van der Waals surface area contributed by atoms with Gasteiger partial charge in [0.05, 0.1) is 10.5 Å². The Bertz CT molecular complexity index is 821. The molecule has 0 fully saturated rings. The van der Waals surface area contributed by atoms with Crippen molar-refractivity contribution in [3.8, 4) is 11.1 Å². The summed E-state index contributed by atoms with van der Waals surface area (Å²) in [6, 6.07) is 11.5. The zero-order chi connectivity index (χ0) is 20.1. The van der Waals surface area contributed by atoms with Gasteiger partial charge in [-0.15, -0.1) is 0 Å². The van der Waals surface area contributed by atoms with Gasteiger partial charge in [-0.25, -0.2) is 4.79 Å². The number of hydrogen-bond acceptors (Lipinski definition) is 4. The van der Waals surface area contributed by atoms with Crippen LogP contribution < -0.4 is 4.90 Å². The molecule has 0 aromatic heterocycles. The lowest BCUT2D eigenvalue weighted by Crippen LogP contribution is -2.31. The summed E-state index contributed by atoms with van der Waals surface area (Å²) in [7, 11) is 0. The van der Waals surface area contributed by atoms with Crippen molar-refractivity contribution in [2.75, 3.05) is 18.0 Å². The average Bonchev–Trinajstić information content (AvgIpc) is 2.59. The SMILES string of the molecule is CC(C)CN(CC(C)C)c1ccc(-c2ccccc2C(=O)O)cc1[N+](=O)[O-]. The Kier molecular flexibility index (Phi) is 6.55. The number of rotatable bonds is 8. The molecule has 2 aromatic carbocycles. The summed E-state index contributed by atoms with van der Waals surface area (Å²) >= 11 is 0. The van der Waals surface area contributed by atoms with Crippen molar-refractivity contribution in [1.82, 2.24) is 0 Å². The molecule has 0 saturated heterocycles. The van der Waals surface area contributed by atoms with Gasteiger partial charge in [-0.1, -0.05) is 52.0 Å². The second-order valence-corrected chi connectivity index (χ2v) is 7.50. The van der Waals surface area contributed by atoms with E-state index in [0.29, 0.717) is 41.7 Å². The summed E-state index contributed by atoms with van der Waals surface area (Å²) in [5.74, 6) is -0.342. The minimum atomic E-state index is -1.06. The highest BCUT2D eigenvalue weighted by Gasteiger charge is 2.23. The molecule has 0 radical (unpaired) electrons. The molecular formula is C21H26N2O4. The summed E-state index contributed by atoms with van der Waals surface area (Å²) in [4.78, 5) is 24.9. The first-order chi connectivity index (χ1) is 12.7. The van der Waals surface area contributed by atoms with Gasteiger partial charge in [0.15, 0.2) is 0 Å². The molecule has 6 nitrogen and oxygen atoms in total. The number of anilines is 1. The number of carbonyl (C=O) groups is 1. The Balaban J connectivity index is 2.57. The van der Waals surface area contributed by atoms with Gasteiger partial charge in [-0.05, 0) is 35.1 Å². The Morgan fingerprint density at radius 2 is 1.67 bits per heavy atom. The number of nitro benzene ring substituents is 1. The molecule has 27 heavy (non-hydrogen) atoms. The number of hydrogen-bond donors (Lipinski definition) is 1. The molecule has 0 heterocycles. The Labute approximate surface area is 159 Å². The molecule has 0 aliphatic rings. The van der Waals surface area contributed by atoms with E-state index in [1.165, 1.54) is 12.1 Å². The van der Waals surface area contributed by atoms with Crippen LogP contribution in [0.1, 0.15) is 38.1 Å². The van der Waals surface area contributed by atoms with E-state index in [1.54, 1.807) is 30.3 Å². The van der Waals surface area contributed by atoms with Gasteiger partial charge in [0.2, 0.25) is 0 Å². The highest BCUT2D eigenvalue weighted by molar-refractivity contribution is 5.96. The number of nitro groups is 1. The molecule has 0 unspecified atom stereocenters. The van der Waals surface area contributed by atoms with Crippen LogP contribution in [0, 0.1) is 22.0 Å². The smallest absolute Gasteiger partial charge is 0.336 e. The molecule has 2 aromatic rings. The minimum absolute atomic E-state index is 0.00556. The van der Waals surface area contributed by atoms with Gasteiger partial charge in [0.1, 0.15) is 5.69 Å². The second-order valence-electron chi connectivity index (χ2n) is 7.50. The van der Waals surface area contributed by atoms with Crippen molar-refractivity contribution in [3.63, 3.8) is 0 Å². The number of nitrogens with zero attached hydrogens (tertiary/aromatic N) is 2. The van der Waals surface area contributed by atoms with Gasteiger partial charge in [0.25, 0.3) is 5.69 Å². The van der Waals surface area contributed by atoms with Crippen LogP contribution in [-0.2, 0) is 0 Å². The Morgan fingerprint density at radius 1 is 1.07 bits per heavy atom. The molecule has 2 rings (SSSR count). The Hall–Kier alpha value is -2.89. The maximum atomic E-state index is 11.8. The van der Waals surface area contributed by atoms with Gasteiger partial charge < -0.3 is 10.0 Å². The minimum Gasteiger partial charge on any atom is -0.478 e. The lowest BCUT2D eigenvalue weighted by Gasteiger charge is -2.28. The molecular weight excluding hydrogens is 344 g/mol. The molecule has 0 bridgehead atoms. The van der Waals surface area contributed by atoms with Crippen molar-refractivity contribution in [2.45, 2.75) is 27.7 Å². The lowest BCUT2D eigenvalue weighted by molar-refractivity contribution is -0.384. The highest BCUT2D eigenvalue weighted by Crippen LogP contribution is 2.35. The van der Waals surface area contributed by atoms with Crippen molar-refractivity contribution in [1.29, 1.82) is 0 Å². The molecule has 0 aliphatic heterocycles. The third-order valence-electron chi connectivity index (χ3n) is 4.15. The molecule has 144 valence electrons. The van der Waals surface area contributed by atoms with E-state index in [-0.39, 0.29) is 11.3 Å². The summed E-state index contributed by atoms with van der Waals surface area (Å²) in [6.07, 6.45) is 0. The van der Waals surface area contributed by atoms with Crippen LogP contribution in [-0.4, -0.2) is 29.1 Å². The van der Waals surface area contributed by atoms with Crippen molar-refractivity contribution in [2.24, 2.45) is 11.8 Å². The van der Waals surface area contributed by atoms with E-state index >= 15 is 0 Å². The lowest BCUT2D eigenvalue weighted by atomic mass is 9.98. The van der Waals surface area contributed by atoms with E-state index < -0.39 is 10.9 Å². The van der Waals surface area contributed by atoms with Gasteiger partial charge in [0, 0.05) is 19.2 Å². The quantitative estimate of drug-likeness (QED) is 0.517. The predicted octanol–water partition coefficient (Wildman–Crippen LogP) is 5.08. The molecule has 0 atom stereocenters. The van der Waals surface area contributed by atoms with Crippen LogP contribution in [0.4, 0.5) is 11.4 Å². The first kappa shape index (κ1) is 20.4. The van der Waals surface area contributed by atoms with E-state index in [0.717, 1.165) is 0 Å². The fourth-order valence-corrected chi connectivity index (χ4v) is 3.18. The van der Waals surface area contributed by atoms with Crippen molar-refractivity contribution >= 4 is 17.3 Å². The molecule has 0 saturated carbocycles. The van der Waals surface area contributed by atoms with Crippen molar-refractivity contribution in [3.05, 3.63) is 58.1 Å². The van der Waals surface area contributed by atoms with Crippen LogP contribution in [0.15, 0.2) is 42.5 Å². The third kappa shape index (κ3) is 5.06. The molecule has 6 heteroatoms. The summed E-state index contributed by atoms with van der Waals surface area (Å²) in [6.45, 7) is 9.74. The van der Waals surface area contributed by atoms with Crippen LogP contribution in [0.3, 0.4) is 0 Å². The molecule has 0 amide bonds. The summed E-state index contributed by atoms with van der Waals surface area (Å²) in [5, 5.41) is 21.2. The molecule has 1 N–H and O–H groups in total. The third-order valence-corrected chi connectivity index (χ3v) is 4.15. The standard InChI is InChI=1S/C21H26N2O4/c1-14(2)12-22(13-15(3)4)19-10-9-16(11-20(19)23(26)27)17-7-5-6-8-18(17)21(24)25/h5-11,14-15H,12-13H2,1-4H3,(H,24,25). The topological polar surface area (TPSA) is 83.7 Å². The summed E-state index contributed by atoms with van der Waals surface area (Å²) < 4.78 is 0. The van der Waals surface area contributed by atoms with E-state index in [4.69, 9.17) is 0 Å². The van der Waals surface area contributed by atoms with Crippen LogP contribution >= 0.6 is 0 Å². The summed E-state index contributed by atoms with van der Waals surface area (Å²) in [5.41, 5.74) is 1.69. The Morgan fingerprint density at radius 3 is 2.19 bits per heavy atom. The van der Waals surface area contributed by atoms with E-state index in [1.807, 2.05) is 4.90 Å². The van der Waals surface area contributed by atoms with Gasteiger partial charge >= 0.3 is 5.97 Å². The maximum absolute atomic E-state index is 11.8. The first-order valence-corrected chi connectivity index (χ1v) is 9.06.